The SMILES string of the molecule is CCN(CC)c1nc2sc(C(=O)NC3CCC(N)CC3)cc2s1. The van der Waals surface area contributed by atoms with Gasteiger partial charge in [0.25, 0.3) is 5.91 Å². The van der Waals surface area contributed by atoms with Crippen LogP contribution in [0.25, 0.3) is 9.53 Å². The van der Waals surface area contributed by atoms with E-state index in [1.165, 1.54) is 11.3 Å². The molecule has 23 heavy (non-hydrogen) atoms. The average molecular weight is 353 g/mol. The highest BCUT2D eigenvalue weighted by atomic mass is 32.1. The van der Waals surface area contributed by atoms with Crippen LogP contribution in [0.15, 0.2) is 6.07 Å². The fourth-order valence-corrected chi connectivity index (χ4v) is 5.23. The first-order chi connectivity index (χ1) is 11.1. The molecule has 0 aliphatic heterocycles. The number of nitrogens with one attached hydrogen (secondary N) is 1. The number of nitrogens with zero attached hydrogens (tertiary/aromatic N) is 2. The molecule has 0 unspecified atom stereocenters. The van der Waals surface area contributed by atoms with E-state index in [9.17, 15) is 4.79 Å². The fraction of sp³-hybridized carbons (Fsp3) is 0.625. The number of hydrogen-bond donors (Lipinski definition) is 2. The van der Waals surface area contributed by atoms with E-state index in [0.717, 1.165) is 58.3 Å². The number of amides is 1. The quantitative estimate of drug-likeness (QED) is 0.867. The zero-order valence-corrected chi connectivity index (χ0v) is 15.3. The summed E-state index contributed by atoms with van der Waals surface area (Å²) in [6.07, 6.45) is 3.96. The zero-order chi connectivity index (χ0) is 16.4. The molecule has 126 valence electrons. The number of hydrogen-bond acceptors (Lipinski definition) is 6. The predicted octanol–water partition coefficient (Wildman–Crippen LogP) is 3.20. The number of fused-ring (bicyclic) bond motifs is 1. The van der Waals surface area contributed by atoms with E-state index in [1.807, 2.05) is 6.07 Å². The highest BCUT2D eigenvalue weighted by Crippen LogP contribution is 2.34. The molecule has 0 bridgehead atoms. The third-order valence-corrected chi connectivity index (χ3v) is 6.66. The van der Waals surface area contributed by atoms with Gasteiger partial charge in [0.05, 0.1) is 9.58 Å². The molecule has 0 atom stereocenters. The number of carbonyl (C=O) groups excluding carboxylic acids is 1. The molecule has 1 fully saturated rings. The lowest BCUT2D eigenvalue weighted by Gasteiger charge is -2.26. The summed E-state index contributed by atoms with van der Waals surface area (Å²) in [6, 6.07) is 2.55. The Morgan fingerprint density at radius 2 is 2.00 bits per heavy atom. The Bertz CT molecular complexity index is 637. The van der Waals surface area contributed by atoms with Gasteiger partial charge in [-0.2, -0.15) is 0 Å². The third-order valence-electron chi connectivity index (χ3n) is 4.44. The van der Waals surface area contributed by atoms with Gasteiger partial charge < -0.3 is 16.0 Å². The standard InChI is InChI=1S/C16H24N4OS2/c1-3-20(4-2)16-19-15-13(23-16)9-12(22-15)14(21)18-11-7-5-10(17)6-8-11/h9-11H,3-8,17H2,1-2H3,(H,18,21). The van der Waals surface area contributed by atoms with Crippen molar-refractivity contribution in [2.75, 3.05) is 18.0 Å². The maximum atomic E-state index is 12.4. The van der Waals surface area contributed by atoms with Gasteiger partial charge in [0.15, 0.2) is 5.13 Å². The lowest BCUT2D eigenvalue weighted by atomic mass is 9.92. The van der Waals surface area contributed by atoms with Crippen LogP contribution in [0.1, 0.15) is 49.2 Å². The van der Waals surface area contributed by atoms with Gasteiger partial charge in [-0.05, 0) is 45.6 Å². The molecule has 2 aromatic heterocycles. The Hall–Kier alpha value is -1.18. The molecule has 2 heterocycles. The van der Waals surface area contributed by atoms with Crippen molar-refractivity contribution in [1.29, 1.82) is 0 Å². The lowest BCUT2D eigenvalue weighted by Crippen LogP contribution is -2.40. The number of nitrogens with two attached hydrogens (primary N) is 1. The minimum absolute atomic E-state index is 0.0325. The van der Waals surface area contributed by atoms with Crippen LogP contribution in [0.2, 0.25) is 0 Å². The van der Waals surface area contributed by atoms with Crippen LogP contribution in [0.4, 0.5) is 5.13 Å². The van der Waals surface area contributed by atoms with Gasteiger partial charge in [-0.15, -0.1) is 11.3 Å². The van der Waals surface area contributed by atoms with Crippen LogP contribution >= 0.6 is 22.7 Å². The Morgan fingerprint density at radius 1 is 1.30 bits per heavy atom. The predicted molar refractivity (Wildman–Crippen MR) is 98.8 cm³/mol. The van der Waals surface area contributed by atoms with Crippen molar-refractivity contribution in [3.63, 3.8) is 0 Å². The van der Waals surface area contributed by atoms with E-state index < -0.39 is 0 Å². The normalized spacial score (nSPS) is 21.5. The molecule has 1 aliphatic carbocycles. The van der Waals surface area contributed by atoms with E-state index >= 15 is 0 Å². The second kappa shape index (κ2) is 7.15. The largest absolute Gasteiger partial charge is 0.349 e. The summed E-state index contributed by atoms with van der Waals surface area (Å²) in [5, 5.41) is 4.19. The van der Waals surface area contributed by atoms with Crippen LogP contribution in [-0.2, 0) is 0 Å². The van der Waals surface area contributed by atoms with Crippen molar-refractivity contribution < 1.29 is 4.79 Å². The lowest BCUT2D eigenvalue weighted by molar-refractivity contribution is 0.0930. The summed E-state index contributed by atoms with van der Waals surface area (Å²) in [5.41, 5.74) is 5.92. The first-order valence-corrected chi connectivity index (χ1v) is 9.95. The molecule has 7 heteroatoms. The number of carbonyl (C=O) groups is 1. The Labute approximate surface area is 144 Å². The Balaban J connectivity index is 1.68. The van der Waals surface area contributed by atoms with Gasteiger partial charge in [-0.3, -0.25) is 4.79 Å². The first kappa shape index (κ1) is 16.7. The van der Waals surface area contributed by atoms with E-state index in [0.29, 0.717) is 6.04 Å². The summed E-state index contributed by atoms with van der Waals surface area (Å²) in [7, 11) is 0. The van der Waals surface area contributed by atoms with Gasteiger partial charge >= 0.3 is 0 Å². The van der Waals surface area contributed by atoms with Crippen LogP contribution in [-0.4, -0.2) is 36.1 Å². The summed E-state index contributed by atoms with van der Waals surface area (Å²) >= 11 is 3.16. The second-order valence-corrected chi connectivity index (χ2v) is 8.07. The van der Waals surface area contributed by atoms with E-state index in [1.54, 1.807) is 11.3 Å². The van der Waals surface area contributed by atoms with E-state index in [2.05, 4.69) is 29.0 Å². The highest BCUT2D eigenvalue weighted by Gasteiger charge is 2.22. The van der Waals surface area contributed by atoms with Gasteiger partial charge in [-0.25, -0.2) is 4.98 Å². The van der Waals surface area contributed by atoms with Gasteiger partial charge in [-0.1, -0.05) is 11.3 Å². The number of thiazole rings is 1. The number of thiophene rings is 1. The molecule has 0 spiro atoms. The van der Waals surface area contributed by atoms with Crippen molar-refractivity contribution in [1.82, 2.24) is 10.3 Å². The summed E-state index contributed by atoms with van der Waals surface area (Å²) in [6.45, 7) is 6.17. The zero-order valence-electron chi connectivity index (χ0n) is 13.7. The molecule has 3 rings (SSSR count). The third kappa shape index (κ3) is 3.67. The second-order valence-electron chi connectivity index (χ2n) is 6.03. The highest BCUT2D eigenvalue weighted by molar-refractivity contribution is 7.29. The number of aromatic nitrogens is 1. The molecule has 5 nitrogen and oxygen atoms in total. The van der Waals surface area contributed by atoms with E-state index in [4.69, 9.17) is 5.73 Å². The Kier molecular flexibility index (Phi) is 5.18. The molecule has 2 aromatic rings. The Morgan fingerprint density at radius 3 is 2.61 bits per heavy atom. The fourth-order valence-electron chi connectivity index (χ4n) is 2.99. The summed E-state index contributed by atoms with van der Waals surface area (Å²) in [5.74, 6) is 0.0325. The van der Waals surface area contributed by atoms with Crippen LogP contribution in [0, 0.1) is 0 Å². The van der Waals surface area contributed by atoms with E-state index in [-0.39, 0.29) is 11.9 Å². The summed E-state index contributed by atoms with van der Waals surface area (Å²) < 4.78 is 1.10. The van der Waals surface area contributed by atoms with Gasteiger partial charge in [0, 0.05) is 25.2 Å². The molecule has 1 aliphatic rings. The minimum atomic E-state index is 0.0325. The van der Waals surface area contributed by atoms with Gasteiger partial charge in [0.2, 0.25) is 0 Å². The smallest absolute Gasteiger partial charge is 0.261 e. The maximum Gasteiger partial charge on any atom is 0.261 e. The van der Waals surface area contributed by atoms with Crippen molar-refractivity contribution >= 4 is 43.2 Å². The minimum Gasteiger partial charge on any atom is -0.349 e. The number of anilines is 1. The van der Waals surface area contributed by atoms with Crippen LogP contribution in [0.3, 0.4) is 0 Å². The van der Waals surface area contributed by atoms with Crippen molar-refractivity contribution in [2.24, 2.45) is 5.73 Å². The topological polar surface area (TPSA) is 71.2 Å². The average Bonchev–Trinajstić information content (AvgIpc) is 3.10. The summed E-state index contributed by atoms with van der Waals surface area (Å²) in [4.78, 5) is 21.1. The molecular formula is C16H24N4OS2. The van der Waals surface area contributed by atoms with Crippen molar-refractivity contribution in [3.8, 4) is 0 Å². The van der Waals surface area contributed by atoms with Crippen molar-refractivity contribution in [3.05, 3.63) is 10.9 Å². The maximum absolute atomic E-state index is 12.4. The molecular weight excluding hydrogens is 328 g/mol. The van der Waals surface area contributed by atoms with Gasteiger partial charge in [0.1, 0.15) is 4.83 Å². The number of rotatable bonds is 5. The van der Waals surface area contributed by atoms with Crippen molar-refractivity contribution in [2.45, 2.75) is 51.6 Å². The molecule has 0 radical (unpaired) electrons. The molecule has 1 amide bonds. The molecule has 1 saturated carbocycles. The van der Waals surface area contributed by atoms with Crippen LogP contribution < -0.4 is 16.0 Å². The monoisotopic (exact) mass is 352 g/mol. The molecule has 0 saturated heterocycles. The molecule has 3 N–H and O–H groups in total. The first-order valence-electron chi connectivity index (χ1n) is 8.32. The molecule has 0 aromatic carbocycles. The van der Waals surface area contributed by atoms with Crippen LogP contribution in [0.5, 0.6) is 0 Å².